The number of aromatic nitrogens is 2. The van der Waals surface area contributed by atoms with E-state index in [1.165, 1.54) is 30.8 Å². The van der Waals surface area contributed by atoms with Gasteiger partial charge in [-0.15, -0.1) is 0 Å². The number of fused-ring (bicyclic) bond motifs is 1. The number of nitrogens with one attached hydrogen (secondary N) is 1. The number of rotatable bonds is 8. The Labute approximate surface area is 266 Å². The maximum Gasteiger partial charge on any atom is 0.331 e. The van der Waals surface area contributed by atoms with Gasteiger partial charge in [-0.25, -0.2) is 14.0 Å². The van der Waals surface area contributed by atoms with Crippen LogP contribution in [0.4, 0.5) is 14.9 Å². The summed E-state index contributed by atoms with van der Waals surface area (Å²) in [6.45, 7) is 0.538. The van der Waals surface area contributed by atoms with Gasteiger partial charge < -0.3 is 24.4 Å². The number of halogens is 2. The maximum absolute atomic E-state index is 14.3. The van der Waals surface area contributed by atoms with Gasteiger partial charge in [0.1, 0.15) is 24.4 Å². The van der Waals surface area contributed by atoms with Crippen LogP contribution in [0.15, 0.2) is 56.6 Å². The molecule has 3 aromatic rings. The zero-order chi connectivity index (χ0) is 32.2. The van der Waals surface area contributed by atoms with Crippen molar-refractivity contribution in [1.29, 1.82) is 0 Å². The summed E-state index contributed by atoms with van der Waals surface area (Å²) in [5.41, 5.74) is 0.160. The second-order valence-electron chi connectivity index (χ2n) is 10.7. The van der Waals surface area contributed by atoms with Crippen LogP contribution in [0.1, 0.15) is 18.4 Å². The number of piperidine rings is 1. The van der Waals surface area contributed by atoms with E-state index in [1.807, 2.05) is 12.1 Å². The van der Waals surface area contributed by atoms with E-state index in [2.05, 4.69) is 9.71 Å². The number of benzene rings is 2. The van der Waals surface area contributed by atoms with Gasteiger partial charge in [0.25, 0.3) is 5.56 Å². The van der Waals surface area contributed by atoms with E-state index < -0.39 is 28.4 Å². The molecule has 1 aromatic heterocycles. The normalized spacial score (nSPS) is 16.3. The fourth-order valence-corrected chi connectivity index (χ4v) is 6.13. The number of carbonyl (C=O) groups is 2. The van der Waals surface area contributed by atoms with E-state index in [4.69, 9.17) is 16.3 Å². The van der Waals surface area contributed by atoms with Crippen molar-refractivity contribution in [2.75, 3.05) is 38.3 Å². The molecule has 5 rings (SSSR count). The molecule has 2 aliphatic heterocycles. The van der Waals surface area contributed by atoms with Crippen LogP contribution >= 0.6 is 11.6 Å². The molecule has 1 N–H and O–H groups in total. The molecule has 0 aliphatic carbocycles. The average Bonchev–Trinajstić information content (AvgIpc) is 3.19. The van der Waals surface area contributed by atoms with Crippen molar-refractivity contribution < 1.29 is 23.3 Å². The number of methoxy groups -OCH3 is 1. The van der Waals surface area contributed by atoms with Crippen LogP contribution in [0.25, 0.3) is 11.1 Å². The van der Waals surface area contributed by atoms with Crippen LogP contribution in [0.3, 0.4) is 0 Å². The van der Waals surface area contributed by atoms with E-state index in [1.54, 1.807) is 23.0 Å². The van der Waals surface area contributed by atoms with Gasteiger partial charge in [-0.3, -0.25) is 18.7 Å². The molecule has 1 unspecified atom stereocenters. The molecule has 1 fully saturated rings. The third-order valence-electron chi connectivity index (χ3n) is 7.97. The van der Waals surface area contributed by atoms with E-state index in [-0.39, 0.29) is 47.2 Å². The summed E-state index contributed by atoms with van der Waals surface area (Å²) in [5, 5.41) is 2.67. The molecule has 2 aromatic carbocycles. The topological polar surface area (TPSA) is 141 Å². The van der Waals surface area contributed by atoms with Gasteiger partial charge in [-0.1, -0.05) is 28.1 Å². The molecule has 0 bridgehead atoms. The highest BCUT2D eigenvalue weighted by Gasteiger charge is 2.32. The second-order valence-corrected chi connectivity index (χ2v) is 12.1. The lowest BCUT2D eigenvalue weighted by molar-refractivity contribution is -0.133. The van der Waals surface area contributed by atoms with E-state index >= 15 is 0 Å². The number of hydrogen-bond donors (Lipinski definition) is 1. The zero-order valence-corrected chi connectivity index (χ0v) is 26.3. The van der Waals surface area contributed by atoms with Crippen LogP contribution < -0.4 is 21.3 Å². The number of ether oxygens (including phenoxy) is 1. The Morgan fingerprint density at radius 2 is 1.93 bits per heavy atom. The van der Waals surface area contributed by atoms with Crippen molar-refractivity contribution in [2.24, 2.45) is 4.40 Å². The Bertz CT molecular complexity index is 1750. The largest absolute Gasteiger partial charge is 0.592 e. The molecule has 15 heteroatoms. The summed E-state index contributed by atoms with van der Waals surface area (Å²) < 4.78 is 36.6. The molecule has 1 atom stereocenters. The Morgan fingerprint density at radius 3 is 2.64 bits per heavy atom. The van der Waals surface area contributed by atoms with Gasteiger partial charge in [0.05, 0.1) is 41.8 Å². The zero-order valence-electron chi connectivity index (χ0n) is 24.7. The van der Waals surface area contributed by atoms with E-state index in [0.29, 0.717) is 38.9 Å². The lowest BCUT2D eigenvalue weighted by Gasteiger charge is -2.38. The van der Waals surface area contributed by atoms with E-state index in [9.17, 15) is 28.1 Å². The lowest BCUT2D eigenvalue weighted by atomic mass is 10.0. The molecular formula is C30H32ClFN6O6S. The first-order valence-corrected chi connectivity index (χ1v) is 16.1. The van der Waals surface area contributed by atoms with Gasteiger partial charge in [-0.05, 0) is 49.1 Å². The molecule has 3 heterocycles. The fourth-order valence-electron chi connectivity index (χ4n) is 5.62. The third kappa shape index (κ3) is 7.08. The molecule has 0 saturated carbocycles. The summed E-state index contributed by atoms with van der Waals surface area (Å²) in [5.74, 6) is -0.393. The molecule has 2 aliphatic rings. The number of carbonyl (C=O) groups excluding carboxylic acids is 2. The summed E-state index contributed by atoms with van der Waals surface area (Å²) in [4.78, 5) is 56.5. The molecule has 3 amide bonds. The molecular weight excluding hydrogens is 627 g/mol. The van der Waals surface area contributed by atoms with Crippen molar-refractivity contribution in [3.05, 3.63) is 79.8 Å². The monoisotopic (exact) mass is 658 g/mol. The number of likely N-dealkylation sites (tertiary alicyclic amines) is 1. The minimum Gasteiger partial charge on any atom is -0.592 e. The first-order valence-electron chi connectivity index (χ1n) is 14.2. The lowest BCUT2D eigenvalue weighted by Crippen LogP contribution is -2.51. The highest BCUT2D eigenvalue weighted by Crippen LogP contribution is 2.29. The van der Waals surface area contributed by atoms with Crippen LogP contribution in [0.2, 0.25) is 5.02 Å². The number of anilines is 1. The maximum atomic E-state index is 14.3. The summed E-state index contributed by atoms with van der Waals surface area (Å²) >= 11 is 4.61. The number of urea groups is 1. The van der Waals surface area contributed by atoms with Crippen LogP contribution in [0, 0.1) is 5.82 Å². The van der Waals surface area contributed by atoms with Gasteiger partial charge in [0, 0.05) is 43.1 Å². The molecule has 238 valence electrons. The minimum atomic E-state index is -1.56. The second kappa shape index (κ2) is 13.9. The Kier molecular flexibility index (Phi) is 9.95. The van der Waals surface area contributed by atoms with Crippen molar-refractivity contribution in [3.8, 4) is 16.9 Å². The summed E-state index contributed by atoms with van der Waals surface area (Å²) in [6.07, 6.45) is 5.44. The van der Waals surface area contributed by atoms with Gasteiger partial charge >= 0.3 is 11.7 Å². The minimum absolute atomic E-state index is 0.0600. The van der Waals surface area contributed by atoms with Crippen LogP contribution in [0.5, 0.6) is 5.75 Å². The molecule has 0 spiro atoms. The third-order valence-corrected chi connectivity index (χ3v) is 8.80. The standard InChI is InChI=1S/C30H32ClFN6O6S/c1-44-21-6-7-25-19(16-21)8-14-37(29(41)34-25)20-9-12-35(13-10-20)26(39)18-36-17-23(22-4-3-5-24(32)27(22)31)28(40)38(30(36)42)15-11-33-45(2)43/h3-7,11,16-17,20H,8-10,12-15,18H2,1-2H3,(H,34,41). The fraction of sp³-hybridized carbons (Fsp3) is 0.367. The summed E-state index contributed by atoms with van der Waals surface area (Å²) in [6, 6.07) is 9.22. The smallest absolute Gasteiger partial charge is 0.331 e. The van der Waals surface area contributed by atoms with Gasteiger partial charge in [0.15, 0.2) is 0 Å². The first-order chi connectivity index (χ1) is 21.6. The molecule has 0 radical (unpaired) electrons. The predicted molar refractivity (Wildman–Crippen MR) is 170 cm³/mol. The highest BCUT2D eigenvalue weighted by molar-refractivity contribution is 7.89. The Balaban J connectivity index is 1.32. The Hall–Kier alpha value is -4.14. The van der Waals surface area contributed by atoms with E-state index in [0.717, 1.165) is 32.2 Å². The number of hydrogen-bond acceptors (Lipinski definition) is 7. The van der Waals surface area contributed by atoms with Crippen molar-refractivity contribution >= 4 is 46.8 Å². The molecule has 1 saturated heterocycles. The average molecular weight is 659 g/mol. The van der Waals surface area contributed by atoms with Crippen LogP contribution in [-0.4, -0.2) is 80.7 Å². The van der Waals surface area contributed by atoms with Crippen LogP contribution in [-0.2, 0) is 35.7 Å². The first kappa shape index (κ1) is 32.3. The molecule has 45 heavy (non-hydrogen) atoms. The summed E-state index contributed by atoms with van der Waals surface area (Å²) in [7, 11) is 1.59. The Morgan fingerprint density at radius 1 is 1.18 bits per heavy atom. The van der Waals surface area contributed by atoms with Crippen molar-refractivity contribution in [2.45, 2.75) is 38.4 Å². The van der Waals surface area contributed by atoms with Crippen molar-refractivity contribution in [3.63, 3.8) is 0 Å². The predicted octanol–water partition coefficient (Wildman–Crippen LogP) is 2.92. The van der Waals surface area contributed by atoms with Gasteiger partial charge in [0.2, 0.25) is 5.91 Å². The van der Waals surface area contributed by atoms with Gasteiger partial charge in [-0.2, -0.15) is 0 Å². The highest BCUT2D eigenvalue weighted by atomic mass is 35.5. The quantitative estimate of drug-likeness (QED) is 0.292. The molecule has 12 nitrogen and oxygen atoms in total. The number of nitrogens with zero attached hydrogens (tertiary/aromatic N) is 5. The number of amides is 3. The SMILES string of the molecule is COc1ccc2c(c1)CCN(C1CCN(C(=O)Cn3cc(-c4cccc(F)c4Cl)c(=O)n(CC=N[S+](C)[O-])c3=O)CC1)C(=O)N2. The van der Waals surface area contributed by atoms with Crippen molar-refractivity contribution in [1.82, 2.24) is 18.9 Å².